The van der Waals surface area contributed by atoms with Crippen LogP contribution in [-0.2, 0) is 28.5 Å². The maximum atomic E-state index is 12.6. The Hall–Kier alpha value is -3.04. The van der Waals surface area contributed by atoms with Crippen LogP contribution in [0.2, 0.25) is 0 Å². The lowest BCUT2D eigenvalue weighted by Crippen LogP contribution is -2.30. The maximum Gasteiger partial charge on any atom is 0.416 e. The lowest BCUT2D eigenvalue weighted by molar-refractivity contribution is -0.143. The number of carbonyl (C=O) groups is 2. The highest BCUT2D eigenvalue weighted by Gasteiger charge is 2.31. The van der Waals surface area contributed by atoms with Crippen LogP contribution in [0, 0.1) is 0 Å². The summed E-state index contributed by atoms with van der Waals surface area (Å²) in [6.07, 6.45) is -9.07. The predicted molar refractivity (Wildman–Crippen MR) is 85.0 cm³/mol. The number of hydrogen-bond donors (Lipinski definition) is 1. The molecule has 0 unspecified atom stereocenters. The van der Waals surface area contributed by atoms with Gasteiger partial charge in [0, 0.05) is 5.56 Å². The maximum absolute atomic E-state index is 12.6. The lowest BCUT2D eigenvalue weighted by Gasteiger charge is -2.10. The molecule has 150 valence electrons. The Balaban J connectivity index is 1.85. The molecule has 0 radical (unpaired) electrons. The van der Waals surface area contributed by atoms with Crippen molar-refractivity contribution in [2.45, 2.75) is 19.0 Å². The fraction of sp³-hybridized carbons (Fsp3) is 0.222. The third-order valence-electron chi connectivity index (χ3n) is 3.52. The SMILES string of the molecule is O=C(CNC(=O)c1ccc(C(F)(F)F)cc1)OCc1cccc(C(F)(F)F)c1. The molecule has 0 heterocycles. The van der Waals surface area contributed by atoms with Crippen LogP contribution in [0.1, 0.15) is 27.0 Å². The fourth-order valence-corrected chi connectivity index (χ4v) is 2.12. The van der Waals surface area contributed by atoms with Crippen molar-refractivity contribution >= 4 is 11.9 Å². The molecule has 0 aliphatic rings. The molecule has 0 spiro atoms. The Kier molecular flexibility index (Phi) is 6.32. The van der Waals surface area contributed by atoms with Crippen LogP contribution in [0.15, 0.2) is 48.5 Å². The minimum atomic E-state index is -4.54. The topological polar surface area (TPSA) is 55.4 Å². The molecule has 0 aromatic heterocycles. The van der Waals surface area contributed by atoms with E-state index in [0.717, 1.165) is 36.4 Å². The third-order valence-corrected chi connectivity index (χ3v) is 3.52. The molecule has 2 aromatic rings. The zero-order valence-corrected chi connectivity index (χ0v) is 14.0. The summed E-state index contributed by atoms with van der Waals surface area (Å²) in [5.41, 5.74) is -1.81. The van der Waals surface area contributed by atoms with E-state index in [1.807, 2.05) is 0 Å². The van der Waals surface area contributed by atoms with Gasteiger partial charge in [-0.2, -0.15) is 26.3 Å². The number of esters is 1. The van der Waals surface area contributed by atoms with E-state index >= 15 is 0 Å². The summed E-state index contributed by atoms with van der Waals surface area (Å²) in [6, 6.07) is 7.55. The van der Waals surface area contributed by atoms with Gasteiger partial charge in [-0.25, -0.2) is 0 Å². The van der Waals surface area contributed by atoms with Crippen molar-refractivity contribution in [2.75, 3.05) is 6.54 Å². The van der Waals surface area contributed by atoms with Gasteiger partial charge in [0.05, 0.1) is 11.1 Å². The molecule has 0 saturated carbocycles. The van der Waals surface area contributed by atoms with Crippen LogP contribution < -0.4 is 5.32 Å². The van der Waals surface area contributed by atoms with E-state index in [-0.39, 0.29) is 11.1 Å². The first-order valence-corrected chi connectivity index (χ1v) is 7.74. The van der Waals surface area contributed by atoms with E-state index in [0.29, 0.717) is 0 Å². The van der Waals surface area contributed by atoms with Gasteiger partial charge in [-0.3, -0.25) is 9.59 Å². The molecule has 4 nitrogen and oxygen atoms in total. The van der Waals surface area contributed by atoms with Gasteiger partial charge in [-0.15, -0.1) is 0 Å². The summed E-state index contributed by atoms with van der Waals surface area (Å²) < 4.78 is 80.0. The van der Waals surface area contributed by atoms with Crippen molar-refractivity contribution < 1.29 is 40.7 Å². The minimum absolute atomic E-state index is 0.0984. The van der Waals surface area contributed by atoms with Crippen molar-refractivity contribution in [3.63, 3.8) is 0 Å². The fourth-order valence-electron chi connectivity index (χ4n) is 2.12. The van der Waals surface area contributed by atoms with Crippen molar-refractivity contribution in [1.29, 1.82) is 0 Å². The summed E-state index contributed by atoms with van der Waals surface area (Å²) >= 11 is 0. The van der Waals surface area contributed by atoms with Crippen molar-refractivity contribution in [3.05, 3.63) is 70.8 Å². The van der Waals surface area contributed by atoms with Gasteiger partial charge in [0.25, 0.3) is 5.91 Å². The Labute approximate surface area is 155 Å². The van der Waals surface area contributed by atoms with Gasteiger partial charge < -0.3 is 10.1 Å². The number of benzene rings is 2. The van der Waals surface area contributed by atoms with Crippen molar-refractivity contribution in [2.24, 2.45) is 0 Å². The zero-order valence-electron chi connectivity index (χ0n) is 14.0. The van der Waals surface area contributed by atoms with E-state index in [9.17, 15) is 35.9 Å². The quantitative estimate of drug-likeness (QED) is 0.599. The van der Waals surface area contributed by atoms with Crippen molar-refractivity contribution in [3.8, 4) is 0 Å². The first-order chi connectivity index (χ1) is 13.0. The molecule has 0 bridgehead atoms. The molecule has 0 aliphatic heterocycles. The Morgan fingerprint density at radius 2 is 1.46 bits per heavy atom. The predicted octanol–water partition coefficient (Wildman–Crippen LogP) is 4.20. The second kappa shape index (κ2) is 8.32. The molecular weight excluding hydrogens is 392 g/mol. The molecule has 0 aliphatic carbocycles. The van der Waals surface area contributed by atoms with Gasteiger partial charge in [0.15, 0.2) is 0 Å². The van der Waals surface area contributed by atoms with E-state index < -0.39 is 48.5 Å². The molecule has 1 N–H and O–H groups in total. The van der Waals surface area contributed by atoms with Crippen LogP contribution in [-0.4, -0.2) is 18.4 Å². The number of alkyl halides is 6. The first-order valence-electron chi connectivity index (χ1n) is 7.74. The number of rotatable bonds is 5. The third kappa shape index (κ3) is 6.00. The summed E-state index contributed by atoms with van der Waals surface area (Å²) in [4.78, 5) is 23.4. The highest BCUT2D eigenvalue weighted by Crippen LogP contribution is 2.30. The smallest absolute Gasteiger partial charge is 0.416 e. The van der Waals surface area contributed by atoms with Crippen LogP contribution in [0.3, 0.4) is 0 Å². The number of carbonyl (C=O) groups excluding carboxylic acids is 2. The van der Waals surface area contributed by atoms with E-state index in [1.54, 1.807) is 0 Å². The molecular formula is C18H13F6NO3. The van der Waals surface area contributed by atoms with Gasteiger partial charge in [0.2, 0.25) is 0 Å². The standard InChI is InChI=1S/C18H13F6NO3/c19-17(20,21)13-6-4-12(5-7-13)16(27)25-9-15(26)28-10-11-2-1-3-14(8-11)18(22,23)24/h1-8H,9-10H2,(H,25,27). The molecule has 0 saturated heterocycles. The highest BCUT2D eigenvalue weighted by molar-refractivity contribution is 5.95. The number of ether oxygens (including phenoxy) is 1. The van der Waals surface area contributed by atoms with Crippen LogP contribution in [0.5, 0.6) is 0 Å². The first kappa shape index (κ1) is 21.3. The number of hydrogen-bond acceptors (Lipinski definition) is 3. The average molecular weight is 405 g/mol. The molecule has 2 rings (SSSR count). The van der Waals surface area contributed by atoms with Gasteiger partial charge in [-0.05, 0) is 42.0 Å². The molecule has 1 amide bonds. The summed E-state index contributed by atoms with van der Waals surface area (Å²) in [5, 5.41) is 2.15. The van der Waals surface area contributed by atoms with E-state index in [2.05, 4.69) is 5.32 Å². The summed E-state index contributed by atoms with van der Waals surface area (Å²) in [7, 11) is 0. The van der Waals surface area contributed by atoms with Gasteiger partial charge in [0.1, 0.15) is 13.2 Å². The number of halogens is 6. The molecule has 2 aromatic carbocycles. The molecule has 0 atom stereocenters. The monoisotopic (exact) mass is 405 g/mol. The summed E-state index contributed by atoms with van der Waals surface area (Å²) in [6.45, 7) is -1.03. The lowest BCUT2D eigenvalue weighted by atomic mass is 10.1. The van der Waals surface area contributed by atoms with E-state index in [1.165, 1.54) is 12.1 Å². The van der Waals surface area contributed by atoms with E-state index in [4.69, 9.17) is 4.74 Å². The largest absolute Gasteiger partial charge is 0.460 e. The highest BCUT2D eigenvalue weighted by atomic mass is 19.4. The zero-order chi connectivity index (χ0) is 20.9. The van der Waals surface area contributed by atoms with Crippen LogP contribution in [0.25, 0.3) is 0 Å². The Bertz CT molecular complexity index is 844. The normalized spacial score (nSPS) is 11.8. The second-order valence-corrected chi connectivity index (χ2v) is 5.62. The second-order valence-electron chi connectivity index (χ2n) is 5.62. The Morgan fingerprint density at radius 3 is 2.04 bits per heavy atom. The van der Waals surface area contributed by atoms with Crippen LogP contribution in [0.4, 0.5) is 26.3 Å². The molecule has 0 fully saturated rings. The molecule has 28 heavy (non-hydrogen) atoms. The number of amides is 1. The minimum Gasteiger partial charge on any atom is -0.460 e. The van der Waals surface area contributed by atoms with Crippen molar-refractivity contribution in [1.82, 2.24) is 5.32 Å². The van der Waals surface area contributed by atoms with Gasteiger partial charge >= 0.3 is 18.3 Å². The average Bonchev–Trinajstić information content (AvgIpc) is 2.63. The van der Waals surface area contributed by atoms with Gasteiger partial charge in [-0.1, -0.05) is 12.1 Å². The number of nitrogens with one attached hydrogen (secondary N) is 1. The summed E-state index contributed by atoms with van der Waals surface area (Å²) in [5.74, 6) is -1.72. The Morgan fingerprint density at radius 1 is 0.857 bits per heavy atom. The molecule has 10 heteroatoms. The van der Waals surface area contributed by atoms with Crippen LogP contribution >= 0.6 is 0 Å².